The number of nitrogens with one attached hydrogen (secondary N) is 1. The molecule has 0 aliphatic rings. The molecule has 0 aliphatic carbocycles. The van der Waals surface area contributed by atoms with Crippen LogP contribution >= 0.6 is 0 Å². The summed E-state index contributed by atoms with van der Waals surface area (Å²) in [7, 11) is 1.55. The van der Waals surface area contributed by atoms with Crippen LogP contribution in [-0.2, 0) is 4.79 Å². The summed E-state index contributed by atoms with van der Waals surface area (Å²) in [5, 5.41) is 2.81. The van der Waals surface area contributed by atoms with Crippen LogP contribution in [0.1, 0.15) is 29.3 Å². The number of benzene rings is 2. The normalized spacial score (nSPS) is 10.2. The lowest BCUT2D eigenvalue weighted by atomic mass is 10.1. The van der Waals surface area contributed by atoms with Crippen molar-refractivity contribution in [2.24, 2.45) is 0 Å². The molecule has 1 N–H and O–H groups in total. The second kappa shape index (κ2) is 8.87. The minimum atomic E-state index is -0.251. The molecule has 0 aliphatic heterocycles. The molecule has 25 heavy (non-hydrogen) atoms. The van der Waals surface area contributed by atoms with Gasteiger partial charge in [0.05, 0.1) is 12.8 Å². The third-order valence-electron chi connectivity index (χ3n) is 3.76. The average molecular weight is 340 g/mol. The molecule has 5 heteroatoms. The summed E-state index contributed by atoms with van der Waals surface area (Å²) in [6.45, 7) is 4.44. The van der Waals surface area contributed by atoms with Gasteiger partial charge in [0.25, 0.3) is 5.91 Å². The molecular formula is C20H24N2O3. The molecular weight excluding hydrogens is 316 g/mol. The van der Waals surface area contributed by atoms with Crippen LogP contribution in [0.15, 0.2) is 48.5 Å². The summed E-state index contributed by atoms with van der Waals surface area (Å²) in [6, 6.07) is 14.6. The van der Waals surface area contributed by atoms with Gasteiger partial charge in [0.2, 0.25) is 5.91 Å². The van der Waals surface area contributed by atoms with Crippen molar-refractivity contribution in [1.82, 2.24) is 4.90 Å². The van der Waals surface area contributed by atoms with Crippen LogP contribution in [0, 0.1) is 6.92 Å². The minimum Gasteiger partial charge on any atom is -0.495 e. The van der Waals surface area contributed by atoms with E-state index < -0.39 is 0 Å². The number of hydrogen-bond acceptors (Lipinski definition) is 3. The second-order valence-electron chi connectivity index (χ2n) is 5.84. The van der Waals surface area contributed by atoms with Crippen LogP contribution in [0.5, 0.6) is 5.75 Å². The lowest BCUT2D eigenvalue weighted by molar-refractivity contribution is -0.116. The largest absolute Gasteiger partial charge is 0.495 e. The van der Waals surface area contributed by atoms with Crippen molar-refractivity contribution >= 4 is 17.5 Å². The summed E-state index contributed by atoms with van der Waals surface area (Å²) in [5.41, 5.74) is 2.20. The molecule has 0 spiro atoms. The SMILES string of the molecule is CCCN(CC(=O)Nc1ccccc1OC)C(=O)c1cccc(C)c1. The van der Waals surface area contributed by atoms with Crippen molar-refractivity contribution < 1.29 is 14.3 Å². The molecule has 0 saturated heterocycles. The number of carbonyl (C=O) groups is 2. The molecule has 2 amide bonds. The highest BCUT2D eigenvalue weighted by Crippen LogP contribution is 2.23. The fraction of sp³-hybridized carbons (Fsp3) is 0.300. The maximum atomic E-state index is 12.7. The molecule has 132 valence electrons. The van der Waals surface area contributed by atoms with Crippen molar-refractivity contribution in [3.05, 3.63) is 59.7 Å². The number of para-hydroxylation sites is 2. The third kappa shape index (κ3) is 5.08. The van der Waals surface area contributed by atoms with Gasteiger partial charge in [0.15, 0.2) is 0 Å². The molecule has 0 bridgehead atoms. The summed E-state index contributed by atoms with van der Waals surface area (Å²) < 4.78 is 5.23. The first-order chi connectivity index (χ1) is 12.0. The molecule has 0 aromatic heterocycles. The zero-order chi connectivity index (χ0) is 18.2. The van der Waals surface area contributed by atoms with Crippen molar-refractivity contribution in [3.8, 4) is 5.75 Å². The van der Waals surface area contributed by atoms with Gasteiger partial charge in [-0.05, 0) is 37.6 Å². The molecule has 2 aromatic rings. The predicted molar refractivity (Wildman–Crippen MR) is 99.0 cm³/mol. The number of rotatable bonds is 7. The van der Waals surface area contributed by atoms with Gasteiger partial charge >= 0.3 is 0 Å². The van der Waals surface area contributed by atoms with E-state index in [2.05, 4.69) is 5.32 Å². The topological polar surface area (TPSA) is 58.6 Å². The Bertz CT molecular complexity index is 743. The van der Waals surface area contributed by atoms with E-state index in [9.17, 15) is 9.59 Å². The molecule has 0 saturated carbocycles. The number of hydrogen-bond donors (Lipinski definition) is 1. The Morgan fingerprint density at radius 1 is 1.12 bits per heavy atom. The first-order valence-corrected chi connectivity index (χ1v) is 8.34. The Labute approximate surface area is 148 Å². The lowest BCUT2D eigenvalue weighted by Gasteiger charge is -2.22. The number of ether oxygens (including phenoxy) is 1. The summed E-state index contributed by atoms with van der Waals surface area (Å²) in [6.07, 6.45) is 0.777. The minimum absolute atomic E-state index is 0.00133. The molecule has 2 aromatic carbocycles. The van der Waals surface area contributed by atoms with E-state index >= 15 is 0 Å². The molecule has 0 radical (unpaired) electrons. The fourth-order valence-electron chi connectivity index (χ4n) is 2.59. The Kier molecular flexibility index (Phi) is 6.57. The number of amides is 2. The third-order valence-corrected chi connectivity index (χ3v) is 3.76. The molecule has 0 heterocycles. The van der Waals surface area contributed by atoms with E-state index in [4.69, 9.17) is 4.74 Å². The first-order valence-electron chi connectivity index (χ1n) is 8.34. The Hall–Kier alpha value is -2.82. The van der Waals surface area contributed by atoms with E-state index in [0.717, 1.165) is 12.0 Å². The highest BCUT2D eigenvalue weighted by molar-refractivity contribution is 5.99. The van der Waals surface area contributed by atoms with Gasteiger partial charge in [-0.1, -0.05) is 36.8 Å². The number of anilines is 1. The molecule has 0 unspecified atom stereocenters. The van der Waals surface area contributed by atoms with Gasteiger partial charge in [-0.25, -0.2) is 0 Å². The number of aryl methyl sites for hydroxylation is 1. The van der Waals surface area contributed by atoms with Crippen molar-refractivity contribution in [1.29, 1.82) is 0 Å². The van der Waals surface area contributed by atoms with Crippen LogP contribution in [0.2, 0.25) is 0 Å². The number of methoxy groups -OCH3 is 1. The Morgan fingerprint density at radius 2 is 1.88 bits per heavy atom. The lowest BCUT2D eigenvalue weighted by Crippen LogP contribution is -2.38. The van der Waals surface area contributed by atoms with Crippen LogP contribution in [0.3, 0.4) is 0 Å². The number of carbonyl (C=O) groups excluding carboxylic acids is 2. The summed E-state index contributed by atoms with van der Waals surface area (Å²) in [4.78, 5) is 26.7. The molecule has 5 nitrogen and oxygen atoms in total. The molecule has 0 fully saturated rings. The Morgan fingerprint density at radius 3 is 2.56 bits per heavy atom. The molecule has 2 rings (SSSR count). The maximum Gasteiger partial charge on any atom is 0.254 e. The highest BCUT2D eigenvalue weighted by atomic mass is 16.5. The maximum absolute atomic E-state index is 12.7. The highest BCUT2D eigenvalue weighted by Gasteiger charge is 2.19. The van der Waals surface area contributed by atoms with Gasteiger partial charge in [0.1, 0.15) is 12.3 Å². The van der Waals surface area contributed by atoms with E-state index in [0.29, 0.717) is 23.5 Å². The van der Waals surface area contributed by atoms with Gasteiger partial charge in [-0.15, -0.1) is 0 Å². The summed E-state index contributed by atoms with van der Waals surface area (Å²) >= 11 is 0. The standard InChI is InChI=1S/C20H24N2O3/c1-4-12-22(20(24)16-9-7-8-15(2)13-16)14-19(23)21-17-10-5-6-11-18(17)25-3/h5-11,13H,4,12,14H2,1-3H3,(H,21,23). The molecule has 0 atom stereocenters. The van der Waals surface area contributed by atoms with E-state index in [-0.39, 0.29) is 18.4 Å². The quantitative estimate of drug-likeness (QED) is 0.839. The van der Waals surface area contributed by atoms with E-state index in [1.54, 1.807) is 30.2 Å². The van der Waals surface area contributed by atoms with Crippen molar-refractivity contribution in [3.63, 3.8) is 0 Å². The zero-order valence-electron chi connectivity index (χ0n) is 14.9. The van der Waals surface area contributed by atoms with Crippen LogP contribution in [-0.4, -0.2) is 36.9 Å². The van der Waals surface area contributed by atoms with Crippen LogP contribution in [0.4, 0.5) is 5.69 Å². The van der Waals surface area contributed by atoms with Gasteiger partial charge < -0.3 is 15.0 Å². The second-order valence-corrected chi connectivity index (χ2v) is 5.84. The van der Waals surface area contributed by atoms with Crippen molar-refractivity contribution in [2.75, 3.05) is 25.5 Å². The monoisotopic (exact) mass is 340 g/mol. The smallest absolute Gasteiger partial charge is 0.254 e. The van der Waals surface area contributed by atoms with E-state index in [1.165, 1.54) is 0 Å². The Balaban J connectivity index is 2.10. The van der Waals surface area contributed by atoms with Gasteiger partial charge in [-0.2, -0.15) is 0 Å². The van der Waals surface area contributed by atoms with Crippen LogP contribution < -0.4 is 10.1 Å². The fourth-order valence-corrected chi connectivity index (χ4v) is 2.59. The zero-order valence-corrected chi connectivity index (χ0v) is 14.9. The van der Waals surface area contributed by atoms with E-state index in [1.807, 2.05) is 44.2 Å². The predicted octanol–water partition coefficient (Wildman–Crippen LogP) is 3.49. The van der Waals surface area contributed by atoms with Crippen molar-refractivity contribution in [2.45, 2.75) is 20.3 Å². The number of nitrogens with zero attached hydrogens (tertiary/aromatic N) is 1. The first kappa shape index (κ1) is 18.5. The van der Waals surface area contributed by atoms with Gasteiger partial charge in [-0.3, -0.25) is 9.59 Å². The van der Waals surface area contributed by atoms with Crippen LogP contribution in [0.25, 0.3) is 0 Å². The van der Waals surface area contributed by atoms with Gasteiger partial charge in [0, 0.05) is 12.1 Å². The average Bonchev–Trinajstić information content (AvgIpc) is 2.61. The summed E-state index contributed by atoms with van der Waals surface area (Å²) in [5.74, 6) is 0.197.